The predicted molar refractivity (Wildman–Crippen MR) is 43.8 cm³/mol. The minimum absolute atomic E-state index is 0.000278. The van der Waals surface area contributed by atoms with Crippen LogP contribution in [0.15, 0.2) is 18.3 Å². The first-order chi connectivity index (χ1) is 5.18. The monoisotopic (exact) mass is 149 g/mol. The topological polar surface area (TPSA) is 50.2 Å². The van der Waals surface area contributed by atoms with Gasteiger partial charge in [0.2, 0.25) is 0 Å². The molecule has 0 radical (unpaired) electrons. The van der Waals surface area contributed by atoms with Crippen molar-refractivity contribution in [1.29, 1.82) is 0 Å². The predicted octanol–water partition coefficient (Wildman–Crippen LogP) is -1.03. The largest absolute Gasteiger partial charge is 0.481 e. The Morgan fingerprint density at radius 3 is 2.82 bits per heavy atom. The molecule has 1 heterocycles. The van der Waals surface area contributed by atoms with Crippen molar-refractivity contribution in [2.24, 2.45) is 0 Å². The summed E-state index contributed by atoms with van der Waals surface area (Å²) >= 11 is 0. The normalized spacial score (nSPS) is 9.45. The average molecular weight is 149 g/mol. The lowest BCUT2D eigenvalue weighted by atomic mass is 9.98. The molecular weight excluding hydrogens is 141 g/mol. The summed E-state index contributed by atoms with van der Waals surface area (Å²) in [5.74, 6) is -0.846. The molecule has 0 aromatic carbocycles. The first kappa shape index (κ1) is 7.79. The van der Waals surface area contributed by atoms with E-state index in [1.165, 1.54) is 0 Å². The number of aliphatic carboxylic acids is 1. The highest BCUT2D eigenvalue weighted by atomic mass is 16.4. The molecule has 11 heavy (non-hydrogen) atoms. The molecule has 3 nitrogen and oxygen atoms in total. The van der Waals surface area contributed by atoms with E-state index in [2.05, 4.69) is 4.98 Å². The summed E-state index contributed by atoms with van der Waals surface area (Å²) in [6.45, 7) is 0. The SMILES string of the molecule is Bc1ccc(CC(=O)O)nc1. The summed E-state index contributed by atoms with van der Waals surface area (Å²) in [5, 5.41) is 8.40. The van der Waals surface area contributed by atoms with Crippen LogP contribution in [0.3, 0.4) is 0 Å². The fraction of sp³-hybridized carbons (Fsp3) is 0.143. The van der Waals surface area contributed by atoms with Gasteiger partial charge in [-0.15, -0.1) is 0 Å². The number of carboxylic acid groups (broad SMARTS) is 1. The van der Waals surface area contributed by atoms with Crippen LogP contribution in [0.5, 0.6) is 0 Å². The summed E-state index contributed by atoms with van der Waals surface area (Å²) in [4.78, 5) is 14.2. The van der Waals surface area contributed by atoms with Crippen LogP contribution in [0, 0.1) is 0 Å². The van der Waals surface area contributed by atoms with Crippen molar-refractivity contribution in [2.45, 2.75) is 6.42 Å². The highest BCUT2D eigenvalue weighted by Gasteiger charge is 1.99. The number of nitrogens with zero attached hydrogens (tertiary/aromatic N) is 1. The molecule has 1 rings (SSSR count). The number of hydrogen-bond donors (Lipinski definition) is 1. The first-order valence-corrected chi connectivity index (χ1v) is 3.32. The fourth-order valence-electron chi connectivity index (χ4n) is 0.758. The van der Waals surface area contributed by atoms with Crippen molar-refractivity contribution < 1.29 is 9.90 Å². The van der Waals surface area contributed by atoms with Gasteiger partial charge in [-0.25, -0.2) is 0 Å². The van der Waals surface area contributed by atoms with E-state index in [4.69, 9.17) is 5.11 Å². The molecule has 0 amide bonds. The Bertz CT molecular complexity index is 258. The minimum Gasteiger partial charge on any atom is -0.481 e. The molecule has 1 aromatic heterocycles. The van der Waals surface area contributed by atoms with E-state index in [1.807, 2.05) is 13.9 Å². The van der Waals surface area contributed by atoms with E-state index < -0.39 is 5.97 Å². The molecule has 0 unspecified atom stereocenters. The summed E-state index contributed by atoms with van der Waals surface area (Å²) in [7, 11) is 1.91. The number of carboxylic acids is 1. The van der Waals surface area contributed by atoms with Gasteiger partial charge in [0.1, 0.15) is 7.85 Å². The molecule has 0 saturated carbocycles. The fourth-order valence-corrected chi connectivity index (χ4v) is 0.758. The molecule has 0 bridgehead atoms. The van der Waals surface area contributed by atoms with Crippen LogP contribution in [-0.2, 0) is 11.2 Å². The van der Waals surface area contributed by atoms with E-state index >= 15 is 0 Å². The van der Waals surface area contributed by atoms with Crippen LogP contribution >= 0.6 is 0 Å². The average Bonchev–Trinajstić information content (AvgIpc) is 1.93. The Labute approximate surface area is 65.5 Å². The Kier molecular flexibility index (Phi) is 2.26. The lowest BCUT2D eigenvalue weighted by Gasteiger charge is -1.95. The van der Waals surface area contributed by atoms with Gasteiger partial charge < -0.3 is 5.11 Å². The molecule has 0 atom stereocenters. The molecule has 4 heteroatoms. The highest BCUT2D eigenvalue weighted by molar-refractivity contribution is 6.32. The van der Waals surface area contributed by atoms with Gasteiger partial charge in [0.05, 0.1) is 12.1 Å². The molecule has 0 spiro atoms. The van der Waals surface area contributed by atoms with Crippen LogP contribution < -0.4 is 5.46 Å². The second-order valence-corrected chi connectivity index (χ2v) is 2.40. The number of carbonyl (C=O) groups is 1. The molecule has 0 aliphatic heterocycles. The van der Waals surface area contributed by atoms with Crippen molar-refractivity contribution in [3.05, 3.63) is 24.0 Å². The van der Waals surface area contributed by atoms with Crippen LogP contribution in [0.1, 0.15) is 5.69 Å². The second kappa shape index (κ2) is 3.19. The summed E-state index contributed by atoms with van der Waals surface area (Å²) in [5.41, 5.74) is 1.64. The van der Waals surface area contributed by atoms with E-state index in [1.54, 1.807) is 12.3 Å². The zero-order valence-electron chi connectivity index (χ0n) is 6.24. The smallest absolute Gasteiger partial charge is 0.309 e. The van der Waals surface area contributed by atoms with Crippen molar-refractivity contribution in [2.75, 3.05) is 0 Å². The molecular formula is C7H8BNO2. The highest BCUT2D eigenvalue weighted by Crippen LogP contribution is 1.91. The Morgan fingerprint density at radius 1 is 1.64 bits per heavy atom. The summed E-state index contributed by atoms with van der Waals surface area (Å²) in [6, 6.07) is 3.58. The molecule has 1 N–H and O–H groups in total. The standard InChI is InChI=1S/C7H8BNO2/c8-5-1-2-6(9-4-5)3-7(10)11/h1-2,4H,3,8H2,(H,10,11). The Hall–Kier alpha value is -1.32. The van der Waals surface area contributed by atoms with E-state index in [0.717, 1.165) is 5.46 Å². The van der Waals surface area contributed by atoms with Gasteiger partial charge >= 0.3 is 5.97 Å². The molecule has 0 aliphatic rings. The van der Waals surface area contributed by atoms with Crippen molar-refractivity contribution in [3.63, 3.8) is 0 Å². The van der Waals surface area contributed by atoms with Crippen molar-refractivity contribution in [1.82, 2.24) is 4.98 Å². The Morgan fingerprint density at radius 2 is 2.36 bits per heavy atom. The number of rotatable bonds is 2. The zero-order valence-corrected chi connectivity index (χ0v) is 6.24. The van der Waals surface area contributed by atoms with Crippen molar-refractivity contribution >= 4 is 19.3 Å². The van der Waals surface area contributed by atoms with Crippen LogP contribution in [0.25, 0.3) is 0 Å². The van der Waals surface area contributed by atoms with Gasteiger partial charge in [-0.05, 0) is 6.07 Å². The third-order valence-corrected chi connectivity index (χ3v) is 1.30. The van der Waals surface area contributed by atoms with Gasteiger partial charge in [-0.2, -0.15) is 0 Å². The third kappa shape index (κ3) is 2.41. The van der Waals surface area contributed by atoms with Gasteiger partial charge in [-0.1, -0.05) is 11.5 Å². The van der Waals surface area contributed by atoms with Crippen LogP contribution in [0.4, 0.5) is 0 Å². The quantitative estimate of drug-likeness (QED) is 0.546. The molecule has 0 saturated heterocycles. The van der Waals surface area contributed by atoms with Gasteiger partial charge in [-0.3, -0.25) is 9.78 Å². The van der Waals surface area contributed by atoms with Gasteiger partial charge in [0, 0.05) is 6.20 Å². The van der Waals surface area contributed by atoms with E-state index in [0.29, 0.717) is 5.69 Å². The maximum Gasteiger partial charge on any atom is 0.309 e. The van der Waals surface area contributed by atoms with Gasteiger partial charge in [0.15, 0.2) is 0 Å². The maximum absolute atomic E-state index is 10.2. The van der Waals surface area contributed by atoms with Crippen LogP contribution in [-0.4, -0.2) is 23.9 Å². The van der Waals surface area contributed by atoms with Crippen LogP contribution in [0.2, 0.25) is 0 Å². The lowest BCUT2D eigenvalue weighted by Crippen LogP contribution is -2.07. The first-order valence-electron chi connectivity index (χ1n) is 3.32. The maximum atomic E-state index is 10.2. The lowest BCUT2D eigenvalue weighted by molar-refractivity contribution is -0.136. The Balaban J connectivity index is 2.74. The van der Waals surface area contributed by atoms with Gasteiger partial charge in [0.25, 0.3) is 0 Å². The summed E-state index contributed by atoms with van der Waals surface area (Å²) in [6.07, 6.45) is 1.67. The van der Waals surface area contributed by atoms with E-state index in [-0.39, 0.29) is 6.42 Å². The zero-order chi connectivity index (χ0) is 8.27. The third-order valence-electron chi connectivity index (χ3n) is 1.30. The second-order valence-electron chi connectivity index (χ2n) is 2.40. The molecule has 56 valence electrons. The molecule has 1 aromatic rings. The number of aromatic nitrogens is 1. The summed E-state index contributed by atoms with van der Waals surface area (Å²) < 4.78 is 0. The minimum atomic E-state index is -0.846. The number of hydrogen-bond acceptors (Lipinski definition) is 2. The van der Waals surface area contributed by atoms with E-state index in [9.17, 15) is 4.79 Å². The number of pyridine rings is 1. The molecule has 0 aliphatic carbocycles. The van der Waals surface area contributed by atoms with Crippen molar-refractivity contribution in [3.8, 4) is 0 Å². The molecule has 0 fully saturated rings.